The van der Waals surface area contributed by atoms with Crippen LogP contribution in [-0.2, 0) is 28.7 Å². The first-order valence-electron chi connectivity index (χ1n) is 6.26. The monoisotopic (exact) mass is 287 g/mol. The van der Waals surface area contributed by atoms with Crippen molar-refractivity contribution in [3.63, 3.8) is 0 Å². The van der Waals surface area contributed by atoms with Crippen LogP contribution in [0.25, 0.3) is 0 Å². The van der Waals surface area contributed by atoms with E-state index < -0.39 is 24.0 Å². The molecule has 1 aliphatic heterocycles. The number of rotatable bonds is 6. The number of ketones is 1. The van der Waals surface area contributed by atoms with E-state index in [1.165, 1.54) is 6.92 Å². The van der Waals surface area contributed by atoms with Crippen LogP contribution in [-0.4, -0.2) is 47.7 Å². The predicted octanol–water partition coefficient (Wildman–Crippen LogP) is -0.0270. The van der Waals surface area contributed by atoms with Gasteiger partial charge in [-0.05, 0) is 20.8 Å². The van der Waals surface area contributed by atoms with E-state index in [-0.39, 0.29) is 36.0 Å². The quantitative estimate of drug-likeness (QED) is 0.499. The third-order valence-electron chi connectivity index (χ3n) is 2.63. The zero-order valence-corrected chi connectivity index (χ0v) is 11.6. The Kier molecular flexibility index (Phi) is 5.48. The highest BCUT2D eigenvalue weighted by atomic mass is 16.9. The molecule has 0 bridgehead atoms. The van der Waals surface area contributed by atoms with E-state index in [1.807, 2.05) is 0 Å². The molecule has 0 spiro atoms. The number of esters is 2. The van der Waals surface area contributed by atoms with Crippen LogP contribution in [0.4, 0.5) is 0 Å². The molecular weight excluding hydrogens is 270 g/mol. The van der Waals surface area contributed by atoms with E-state index in [9.17, 15) is 19.6 Å². The molecule has 8 nitrogen and oxygen atoms in total. The lowest BCUT2D eigenvalue weighted by Gasteiger charge is -2.15. The molecule has 0 saturated heterocycles. The molecule has 20 heavy (non-hydrogen) atoms. The molecule has 0 amide bonds. The smallest absolute Gasteiger partial charge is 0.405 e. The standard InChI is InChI=1S/C12H17NO7/c1-4-18-11(15)9-8(6-7(3)14)10(20-13(9)17)12(16)19-5-2/h8,10H,4-6H2,1-3H3/t8-,10+/m0/s1. The Morgan fingerprint density at radius 3 is 2.35 bits per heavy atom. The molecule has 0 N–H and O–H groups in total. The fourth-order valence-corrected chi connectivity index (χ4v) is 1.89. The Hall–Kier alpha value is -2.12. The summed E-state index contributed by atoms with van der Waals surface area (Å²) in [4.78, 5) is 39.4. The van der Waals surface area contributed by atoms with E-state index in [0.717, 1.165) is 0 Å². The maximum Gasteiger partial charge on any atom is 0.405 e. The number of ether oxygens (including phenoxy) is 2. The second kappa shape index (κ2) is 6.88. The van der Waals surface area contributed by atoms with Gasteiger partial charge in [0.2, 0.25) is 0 Å². The molecule has 0 radical (unpaired) electrons. The number of hydrogen-bond acceptors (Lipinski definition) is 7. The van der Waals surface area contributed by atoms with Crippen molar-refractivity contribution in [2.75, 3.05) is 13.2 Å². The SMILES string of the molecule is CCOC(=O)C1=[N+]([O-])O[C@@H](C(=O)OCC)[C@H]1CC(C)=O. The Bertz CT molecular complexity index is 443. The first-order valence-corrected chi connectivity index (χ1v) is 6.26. The van der Waals surface area contributed by atoms with Crippen molar-refractivity contribution in [1.82, 2.24) is 0 Å². The third kappa shape index (κ3) is 3.46. The van der Waals surface area contributed by atoms with Gasteiger partial charge in [0, 0.05) is 6.42 Å². The van der Waals surface area contributed by atoms with Gasteiger partial charge in [-0.1, -0.05) is 0 Å². The topological polar surface area (TPSA) is 105 Å². The average molecular weight is 287 g/mol. The number of carbonyl (C=O) groups is 3. The molecule has 112 valence electrons. The van der Waals surface area contributed by atoms with E-state index in [0.29, 0.717) is 0 Å². The lowest BCUT2D eigenvalue weighted by molar-refractivity contribution is -0.737. The van der Waals surface area contributed by atoms with Crippen molar-refractivity contribution in [2.24, 2.45) is 5.92 Å². The van der Waals surface area contributed by atoms with Crippen molar-refractivity contribution < 1.29 is 33.6 Å². The fraction of sp³-hybridized carbons (Fsp3) is 0.667. The summed E-state index contributed by atoms with van der Waals surface area (Å²) < 4.78 is 9.50. The van der Waals surface area contributed by atoms with Crippen molar-refractivity contribution in [1.29, 1.82) is 0 Å². The molecule has 0 aromatic heterocycles. The number of carbonyl (C=O) groups excluding carboxylic acids is 3. The molecule has 1 aliphatic rings. The largest absolute Gasteiger partial charge is 0.465 e. The maximum absolute atomic E-state index is 11.7. The van der Waals surface area contributed by atoms with E-state index in [1.54, 1.807) is 13.8 Å². The van der Waals surface area contributed by atoms with Crippen molar-refractivity contribution in [2.45, 2.75) is 33.3 Å². The Labute approximate surface area is 115 Å². The lowest BCUT2D eigenvalue weighted by Crippen LogP contribution is -2.37. The first-order chi connectivity index (χ1) is 9.42. The van der Waals surface area contributed by atoms with Gasteiger partial charge < -0.3 is 19.1 Å². The van der Waals surface area contributed by atoms with Gasteiger partial charge in [-0.25, -0.2) is 4.79 Å². The highest BCUT2D eigenvalue weighted by Crippen LogP contribution is 2.24. The van der Waals surface area contributed by atoms with Crippen LogP contribution >= 0.6 is 0 Å². The summed E-state index contributed by atoms with van der Waals surface area (Å²) >= 11 is 0. The summed E-state index contributed by atoms with van der Waals surface area (Å²) in [6, 6.07) is 0. The van der Waals surface area contributed by atoms with Crippen LogP contribution < -0.4 is 0 Å². The molecule has 2 atom stereocenters. The summed E-state index contributed by atoms with van der Waals surface area (Å²) in [5.41, 5.74) is -0.389. The normalized spacial score (nSPS) is 21.4. The van der Waals surface area contributed by atoms with E-state index in [4.69, 9.17) is 14.3 Å². The molecule has 1 heterocycles. The van der Waals surface area contributed by atoms with Gasteiger partial charge in [-0.2, -0.15) is 0 Å². The molecule has 0 fully saturated rings. The molecule has 0 aromatic carbocycles. The summed E-state index contributed by atoms with van der Waals surface area (Å²) in [5.74, 6) is -2.98. The second-order valence-electron chi connectivity index (χ2n) is 4.15. The van der Waals surface area contributed by atoms with Gasteiger partial charge in [-0.15, -0.1) is 0 Å². The number of hydrogen-bond donors (Lipinski definition) is 0. The van der Waals surface area contributed by atoms with Crippen LogP contribution in [0.1, 0.15) is 27.2 Å². The number of Topliss-reactive ketones (excluding diaryl/α,β-unsaturated/α-hetero) is 1. The van der Waals surface area contributed by atoms with Crippen molar-refractivity contribution in [3.8, 4) is 0 Å². The Morgan fingerprint density at radius 1 is 1.25 bits per heavy atom. The van der Waals surface area contributed by atoms with Gasteiger partial charge in [0.1, 0.15) is 5.78 Å². The van der Waals surface area contributed by atoms with Gasteiger partial charge in [0.15, 0.2) is 6.10 Å². The average Bonchev–Trinajstić information content (AvgIpc) is 2.66. The predicted molar refractivity (Wildman–Crippen MR) is 65.6 cm³/mol. The minimum absolute atomic E-state index is 0.0623. The van der Waals surface area contributed by atoms with Gasteiger partial charge in [-0.3, -0.25) is 10.0 Å². The first kappa shape index (κ1) is 15.9. The van der Waals surface area contributed by atoms with Crippen LogP contribution in [0.3, 0.4) is 0 Å². The Morgan fingerprint density at radius 2 is 1.85 bits per heavy atom. The third-order valence-corrected chi connectivity index (χ3v) is 2.63. The van der Waals surface area contributed by atoms with Crippen LogP contribution in [0.15, 0.2) is 0 Å². The molecular formula is C12H17NO7. The molecule has 0 saturated carbocycles. The summed E-state index contributed by atoms with van der Waals surface area (Å²) in [5, 5.41) is 11.6. The minimum Gasteiger partial charge on any atom is -0.465 e. The Balaban J connectivity index is 3.01. The molecule has 1 rings (SSSR count). The van der Waals surface area contributed by atoms with Crippen LogP contribution in [0.2, 0.25) is 0 Å². The van der Waals surface area contributed by atoms with E-state index in [2.05, 4.69) is 0 Å². The lowest BCUT2D eigenvalue weighted by atomic mass is 9.92. The second-order valence-corrected chi connectivity index (χ2v) is 4.15. The van der Waals surface area contributed by atoms with Gasteiger partial charge in [0.05, 0.1) is 24.0 Å². The highest BCUT2D eigenvalue weighted by Gasteiger charge is 2.49. The number of nitrogens with zero attached hydrogens (tertiary/aromatic N) is 1. The van der Waals surface area contributed by atoms with Crippen LogP contribution in [0.5, 0.6) is 0 Å². The zero-order chi connectivity index (χ0) is 15.3. The molecule has 0 unspecified atom stereocenters. The van der Waals surface area contributed by atoms with Crippen LogP contribution in [0, 0.1) is 11.1 Å². The highest BCUT2D eigenvalue weighted by molar-refractivity contribution is 6.36. The van der Waals surface area contributed by atoms with E-state index >= 15 is 0 Å². The van der Waals surface area contributed by atoms with Gasteiger partial charge >= 0.3 is 17.7 Å². The molecule has 8 heteroatoms. The fourth-order valence-electron chi connectivity index (χ4n) is 1.89. The molecule has 0 aromatic rings. The van der Waals surface area contributed by atoms with Crippen molar-refractivity contribution in [3.05, 3.63) is 5.21 Å². The maximum atomic E-state index is 11.7. The van der Waals surface area contributed by atoms with Crippen molar-refractivity contribution >= 4 is 23.4 Å². The minimum atomic E-state index is -1.31. The molecule has 0 aliphatic carbocycles. The summed E-state index contributed by atoms with van der Waals surface area (Å²) in [7, 11) is 0. The zero-order valence-electron chi connectivity index (χ0n) is 11.6. The summed E-state index contributed by atoms with van der Waals surface area (Å²) in [6.45, 7) is 4.62. The summed E-state index contributed by atoms with van der Waals surface area (Å²) in [6.07, 6.45) is -1.49. The van der Waals surface area contributed by atoms with Gasteiger partial charge in [0.25, 0.3) is 0 Å².